The highest BCUT2D eigenvalue weighted by molar-refractivity contribution is 7.88. The van der Waals surface area contributed by atoms with Crippen LogP contribution in [0.5, 0.6) is 5.75 Å². The third kappa shape index (κ3) is 5.33. The van der Waals surface area contributed by atoms with Gasteiger partial charge in [-0.3, -0.25) is 4.79 Å². The number of aromatic amines is 1. The van der Waals surface area contributed by atoms with E-state index in [-0.39, 0.29) is 17.7 Å². The Morgan fingerprint density at radius 1 is 1.44 bits per heavy atom. The summed E-state index contributed by atoms with van der Waals surface area (Å²) in [5.74, 6) is 0.572. The maximum Gasteiger partial charge on any atom is 0.223 e. The number of hydrogen-bond donors (Lipinski definition) is 2. The van der Waals surface area contributed by atoms with E-state index in [2.05, 4.69) is 9.71 Å². The molecule has 1 aromatic rings. The molecular formula is C11H18N2O4S. The second kappa shape index (κ2) is 6.01. The van der Waals surface area contributed by atoms with Gasteiger partial charge >= 0.3 is 0 Å². The second-order valence-corrected chi connectivity index (χ2v) is 6.32. The van der Waals surface area contributed by atoms with Gasteiger partial charge in [0.2, 0.25) is 15.5 Å². The van der Waals surface area contributed by atoms with E-state index in [4.69, 9.17) is 4.74 Å². The molecule has 0 atom stereocenters. The Morgan fingerprint density at radius 2 is 2.11 bits per heavy atom. The lowest BCUT2D eigenvalue weighted by atomic mass is 10.2. The van der Waals surface area contributed by atoms with Crippen LogP contribution in [0, 0.1) is 5.92 Å². The molecule has 0 fully saturated rings. The number of rotatable bonds is 6. The summed E-state index contributed by atoms with van der Waals surface area (Å²) in [5, 5.41) is 0. The molecule has 0 radical (unpaired) electrons. The smallest absolute Gasteiger partial charge is 0.223 e. The summed E-state index contributed by atoms with van der Waals surface area (Å²) >= 11 is 0. The van der Waals surface area contributed by atoms with Crippen molar-refractivity contribution in [1.29, 1.82) is 0 Å². The Kier molecular flexibility index (Phi) is 4.92. The van der Waals surface area contributed by atoms with Crippen LogP contribution in [0.1, 0.15) is 19.5 Å². The minimum absolute atomic E-state index is 0.0541. The summed E-state index contributed by atoms with van der Waals surface area (Å²) in [6.45, 7) is 4.49. The molecule has 0 aliphatic heterocycles. The van der Waals surface area contributed by atoms with E-state index in [0.29, 0.717) is 18.2 Å². The molecule has 0 bridgehead atoms. The fourth-order valence-electron chi connectivity index (χ4n) is 1.18. The van der Waals surface area contributed by atoms with E-state index in [1.165, 1.54) is 12.3 Å². The van der Waals surface area contributed by atoms with Crippen LogP contribution < -0.4 is 14.9 Å². The third-order valence-corrected chi connectivity index (χ3v) is 2.70. The monoisotopic (exact) mass is 274 g/mol. The standard InChI is InChI=1S/C11H18N2O4S/c1-8(2)7-17-11-6-12-9(4-10(11)14)5-13-18(3,15)16/h4,6,8,13H,5,7H2,1-3H3,(H,12,14). The number of ether oxygens (including phenoxy) is 1. The van der Waals surface area contributed by atoms with Crippen molar-refractivity contribution < 1.29 is 13.2 Å². The Morgan fingerprint density at radius 3 is 2.61 bits per heavy atom. The average molecular weight is 274 g/mol. The van der Waals surface area contributed by atoms with Crippen molar-refractivity contribution in [3.05, 3.63) is 28.2 Å². The van der Waals surface area contributed by atoms with Gasteiger partial charge in [0.15, 0.2) is 5.75 Å². The predicted octanol–water partition coefficient (Wildman–Crippen LogP) is 0.459. The van der Waals surface area contributed by atoms with Crippen molar-refractivity contribution in [3.8, 4) is 5.75 Å². The first-order valence-electron chi connectivity index (χ1n) is 5.57. The van der Waals surface area contributed by atoms with E-state index in [1.54, 1.807) is 0 Å². The summed E-state index contributed by atoms with van der Waals surface area (Å²) in [6.07, 6.45) is 2.51. The number of aromatic nitrogens is 1. The Hall–Kier alpha value is -1.34. The largest absolute Gasteiger partial charge is 0.488 e. The predicted molar refractivity (Wildman–Crippen MR) is 69.1 cm³/mol. The quantitative estimate of drug-likeness (QED) is 0.788. The summed E-state index contributed by atoms with van der Waals surface area (Å²) < 4.78 is 29.4. The molecule has 1 aromatic heterocycles. The molecule has 1 heterocycles. The van der Waals surface area contributed by atoms with Crippen LogP contribution in [-0.4, -0.2) is 26.3 Å². The fraction of sp³-hybridized carbons (Fsp3) is 0.545. The van der Waals surface area contributed by atoms with Gasteiger partial charge in [-0.25, -0.2) is 13.1 Å². The molecule has 2 N–H and O–H groups in total. The minimum Gasteiger partial charge on any atom is -0.488 e. The van der Waals surface area contributed by atoms with Crippen molar-refractivity contribution in [1.82, 2.24) is 9.71 Å². The molecule has 6 nitrogen and oxygen atoms in total. The van der Waals surface area contributed by atoms with Crippen LogP contribution in [0.2, 0.25) is 0 Å². The van der Waals surface area contributed by atoms with Gasteiger partial charge < -0.3 is 9.72 Å². The van der Waals surface area contributed by atoms with Gasteiger partial charge in [0, 0.05) is 18.0 Å². The maximum atomic E-state index is 11.7. The summed E-state index contributed by atoms with van der Waals surface area (Å²) in [4.78, 5) is 14.5. The average Bonchev–Trinajstić information content (AvgIpc) is 2.24. The van der Waals surface area contributed by atoms with Crippen LogP contribution in [0.15, 0.2) is 17.1 Å². The molecule has 0 saturated carbocycles. The van der Waals surface area contributed by atoms with Gasteiger partial charge in [0.05, 0.1) is 19.4 Å². The summed E-state index contributed by atoms with van der Waals surface area (Å²) in [6, 6.07) is 1.33. The molecule has 0 unspecified atom stereocenters. The number of nitrogens with one attached hydrogen (secondary N) is 2. The van der Waals surface area contributed by atoms with Crippen molar-refractivity contribution >= 4 is 10.0 Å². The number of hydrogen-bond acceptors (Lipinski definition) is 4. The topological polar surface area (TPSA) is 88.3 Å². The van der Waals surface area contributed by atoms with Crippen LogP contribution >= 0.6 is 0 Å². The SMILES string of the molecule is CC(C)COc1c[nH]c(CNS(C)(=O)=O)cc1=O. The van der Waals surface area contributed by atoms with Crippen LogP contribution in [0.25, 0.3) is 0 Å². The first kappa shape index (κ1) is 14.7. The molecule has 0 spiro atoms. The maximum absolute atomic E-state index is 11.7. The van der Waals surface area contributed by atoms with Crippen molar-refractivity contribution in [2.45, 2.75) is 20.4 Å². The van der Waals surface area contributed by atoms with Crippen LogP contribution in [0.3, 0.4) is 0 Å². The highest BCUT2D eigenvalue weighted by Gasteiger charge is 2.05. The summed E-state index contributed by atoms with van der Waals surface area (Å²) in [5.41, 5.74) is 0.224. The van der Waals surface area contributed by atoms with Gasteiger partial charge in [0.1, 0.15) is 0 Å². The Balaban J connectivity index is 2.70. The zero-order valence-electron chi connectivity index (χ0n) is 10.7. The Bertz CT molecular complexity index is 548. The molecule has 102 valence electrons. The van der Waals surface area contributed by atoms with Gasteiger partial charge in [-0.15, -0.1) is 0 Å². The lowest BCUT2D eigenvalue weighted by Gasteiger charge is -2.08. The molecule has 0 aromatic carbocycles. The number of pyridine rings is 1. The van der Waals surface area contributed by atoms with Crippen molar-refractivity contribution in [2.75, 3.05) is 12.9 Å². The first-order valence-corrected chi connectivity index (χ1v) is 7.46. The van der Waals surface area contributed by atoms with Gasteiger partial charge in [0.25, 0.3) is 0 Å². The molecule has 18 heavy (non-hydrogen) atoms. The molecule has 7 heteroatoms. The van der Waals surface area contributed by atoms with Crippen LogP contribution in [0.4, 0.5) is 0 Å². The zero-order chi connectivity index (χ0) is 13.8. The molecule has 0 aliphatic rings. The highest BCUT2D eigenvalue weighted by Crippen LogP contribution is 2.04. The normalized spacial score (nSPS) is 11.8. The second-order valence-electron chi connectivity index (χ2n) is 4.48. The lowest BCUT2D eigenvalue weighted by molar-refractivity contribution is 0.267. The van der Waals surface area contributed by atoms with Crippen LogP contribution in [-0.2, 0) is 16.6 Å². The van der Waals surface area contributed by atoms with Gasteiger partial charge in [-0.2, -0.15) is 0 Å². The van der Waals surface area contributed by atoms with Gasteiger partial charge in [-0.1, -0.05) is 13.8 Å². The zero-order valence-corrected chi connectivity index (χ0v) is 11.5. The summed E-state index contributed by atoms with van der Waals surface area (Å²) in [7, 11) is -3.27. The van der Waals surface area contributed by atoms with Crippen molar-refractivity contribution in [3.63, 3.8) is 0 Å². The molecule has 0 amide bonds. The molecule has 0 aliphatic carbocycles. The van der Waals surface area contributed by atoms with E-state index < -0.39 is 10.0 Å². The fourth-order valence-corrected chi connectivity index (χ4v) is 1.60. The van der Waals surface area contributed by atoms with Gasteiger partial charge in [-0.05, 0) is 5.92 Å². The highest BCUT2D eigenvalue weighted by atomic mass is 32.2. The van der Waals surface area contributed by atoms with E-state index in [0.717, 1.165) is 6.26 Å². The molecular weight excluding hydrogens is 256 g/mol. The van der Waals surface area contributed by atoms with Crippen molar-refractivity contribution in [2.24, 2.45) is 5.92 Å². The minimum atomic E-state index is -3.27. The first-order chi connectivity index (χ1) is 8.28. The number of H-pyrrole nitrogens is 1. The molecule has 1 rings (SSSR count). The number of sulfonamides is 1. The molecule has 0 saturated heterocycles. The third-order valence-electron chi connectivity index (χ3n) is 2.03. The Labute approximate surface area is 106 Å². The van der Waals surface area contributed by atoms with E-state index in [9.17, 15) is 13.2 Å². The lowest BCUT2D eigenvalue weighted by Crippen LogP contribution is -2.23. The van der Waals surface area contributed by atoms with E-state index in [1.807, 2.05) is 13.8 Å². The van der Waals surface area contributed by atoms with E-state index >= 15 is 0 Å².